The van der Waals surface area contributed by atoms with Gasteiger partial charge >= 0.3 is 0 Å². The summed E-state index contributed by atoms with van der Waals surface area (Å²) < 4.78 is 0. The molecule has 3 rings (SSSR count). The number of aryl methyl sites for hydroxylation is 2. The number of benzene rings is 3. The minimum atomic E-state index is -0.666. The number of hydrogen-bond acceptors (Lipinski definition) is 0. The van der Waals surface area contributed by atoms with Gasteiger partial charge in [0.15, 0.2) is 0 Å². The lowest BCUT2D eigenvalue weighted by atomic mass is 9.82. The molecule has 0 bridgehead atoms. The quantitative estimate of drug-likeness (QED) is 0.308. The summed E-state index contributed by atoms with van der Waals surface area (Å²) in [6.45, 7) is 14.7. The van der Waals surface area contributed by atoms with Crippen molar-refractivity contribution in [1.29, 1.82) is 0 Å². The first-order valence-corrected chi connectivity index (χ1v) is 10.6. The zero-order chi connectivity index (χ0) is 21.2. The third-order valence-corrected chi connectivity index (χ3v) is 4.78. The summed E-state index contributed by atoms with van der Waals surface area (Å²) in [5.74, 6) is 0.833. The fourth-order valence-corrected chi connectivity index (χ4v) is 3.35. The van der Waals surface area contributed by atoms with Crippen LogP contribution >= 0.6 is 11.6 Å². The van der Waals surface area contributed by atoms with E-state index in [4.69, 9.17) is 11.6 Å². The summed E-state index contributed by atoms with van der Waals surface area (Å²) in [4.78, 5) is -0.666. The summed E-state index contributed by atoms with van der Waals surface area (Å²) >= 11 is 7.27. The largest absolute Gasteiger partial charge is 0.120 e. The second-order valence-electron chi connectivity index (χ2n) is 7.44. The van der Waals surface area contributed by atoms with Crippen molar-refractivity contribution in [2.45, 2.75) is 53.3 Å². The third-order valence-electron chi connectivity index (χ3n) is 4.14. The van der Waals surface area contributed by atoms with E-state index in [-0.39, 0.29) is 0 Å². The fourth-order valence-electron chi connectivity index (χ4n) is 2.89. The standard InChI is InChI=1S/C21H19Cl.C4H10.C2H6/c1-16-12-14-19(15-13-16)21(22,18-9-4-3-5-10-18)20-11-7-6-8-17(20)2;1-4(2)3;1-2/h3-15H,1-2H3;4H,1-3H3;1-2H3. The van der Waals surface area contributed by atoms with Crippen LogP contribution in [0.25, 0.3) is 0 Å². The second kappa shape index (κ2) is 11.7. The molecule has 0 fully saturated rings. The summed E-state index contributed by atoms with van der Waals surface area (Å²) in [5, 5.41) is 0. The minimum Gasteiger partial charge on any atom is -0.104 e. The minimum absolute atomic E-state index is 0.666. The Morgan fingerprint density at radius 3 is 1.57 bits per heavy atom. The molecular weight excluding hydrogens is 360 g/mol. The predicted molar refractivity (Wildman–Crippen MR) is 126 cm³/mol. The number of hydrogen-bond donors (Lipinski definition) is 0. The van der Waals surface area contributed by atoms with Crippen molar-refractivity contribution in [1.82, 2.24) is 0 Å². The molecular formula is C27H35Cl. The SMILES string of the molecule is CC.CC(C)C.Cc1ccc(C(Cl)(c2ccccc2)c2ccccc2C)cc1. The Labute approximate surface area is 177 Å². The van der Waals surface area contributed by atoms with Crippen LogP contribution in [0.2, 0.25) is 0 Å². The Kier molecular flexibility index (Phi) is 10.0. The molecule has 1 heteroatoms. The summed E-state index contributed by atoms with van der Waals surface area (Å²) in [5.41, 5.74) is 5.75. The second-order valence-corrected chi connectivity index (χ2v) is 8.00. The van der Waals surface area contributed by atoms with Crippen LogP contribution in [0.15, 0.2) is 78.9 Å². The Hall–Kier alpha value is -2.05. The van der Waals surface area contributed by atoms with E-state index in [9.17, 15) is 0 Å². The highest BCUT2D eigenvalue weighted by molar-refractivity contribution is 6.28. The van der Waals surface area contributed by atoms with E-state index in [1.165, 1.54) is 11.1 Å². The molecule has 0 heterocycles. The Morgan fingerprint density at radius 2 is 1.07 bits per heavy atom. The molecule has 3 aromatic rings. The van der Waals surface area contributed by atoms with E-state index < -0.39 is 4.87 Å². The van der Waals surface area contributed by atoms with Gasteiger partial charge in [0.1, 0.15) is 4.87 Å². The topological polar surface area (TPSA) is 0 Å². The highest BCUT2D eigenvalue weighted by atomic mass is 35.5. The van der Waals surface area contributed by atoms with Crippen molar-refractivity contribution in [2.75, 3.05) is 0 Å². The van der Waals surface area contributed by atoms with Gasteiger partial charge in [-0.2, -0.15) is 0 Å². The maximum absolute atomic E-state index is 7.27. The number of alkyl halides is 1. The van der Waals surface area contributed by atoms with E-state index in [2.05, 4.69) is 95.3 Å². The van der Waals surface area contributed by atoms with Crippen LogP contribution in [0.4, 0.5) is 0 Å². The van der Waals surface area contributed by atoms with Gasteiger partial charge in [-0.25, -0.2) is 0 Å². The molecule has 0 saturated heterocycles. The zero-order valence-electron chi connectivity index (χ0n) is 18.5. The van der Waals surface area contributed by atoms with Crippen LogP contribution in [-0.2, 0) is 4.87 Å². The highest BCUT2D eigenvalue weighted by Gasteiger charge is 2.34. The van der Waals surface area contributed by atoms with Crippen LogP contribution in [0.5, 0.6) is 0 Å². The molecule has 0 N–H and O–H groups in total. The summed E-state index contributed by atoms with van der Waals surface area (Å²) in [7, 11) is 0. The van der Waals surface area contributed by atoms with Crippen molar-refractivity contribution in [3.05, 3.63) is 107 Å². The maximum Gasteiger partial charge on any atom is 0.120 e. The molecule has 0 nitrogen and oxygen atoms in total. The lowest BCUT2D eigenvalue weighted by Gasteiger charge is -2.30. The molecule has 0 spiro atoms. The van der Waals surface area contributed by atoms with Crippen molar-refractivity contribution in [3.8, 4) is 0 Å². The average Bonchev–Trinajstić information content (AvgIpc) is 2.70. The molecule has 0 radical (unpaired) electrons. The predicted octanol–water partition coefficient (Wildman–Crippen LogP) is 8.52. The van der Waals surface area contributed by atoms with Gasteiger partial charge in [0.2, 0.25) is 0 Å². The van der Waals surface area contributed by atoms with Gasteiger partial charge < -0.3 is 0 Å². The van der Waals surface area contributed by atoms with Gasteiger partial charge in [0.25, 0.3) is 0 Å². The van der Waals surface area contributed by atoms with Crippen molar-refractivity contribution in [2.24, 2.45) is 5.92 Å². The van der Waals surface area contributed by atoms with Gasteiger partial charge in [0, 0.05) is 0 Å². The Bertz CT molecular complexity index is 800. The number of halogens is 1. The third kappa shape index (κ3) is 6.24. The molecule has 0 amide bonds. The Balaban J connectivity index is 0.000000583. The summed E-state index contributed by atoms with van der Waals surface area (Å²) in [6, 6.07) is 27.1. The lowest BCUT2D eigenvalue weighted by molar-refractivity contribution is 0.737. The molecule has 0 aromatic heterocycles. The van der Waals surface area contributed by atoms with Crippen LogP contribution in [0.3, 0.4) is 0 Å². The normalized spacial score (nSPS) is 12.2. The molecule has 1 atom stereocenters. The molecule has 150 valence electrons. The van der Waals surface area contributed by atoms with Crippen LogP contribution < -0.4 is 0 Å². The van der Waals surface area contributed by atoms with Crippen LogP contribution in [-0.4, -0.2) is 0 Å². The first-order valence-electron chi connectivity index (χ1n) is 10.2. The maximum atomic E-state index is 7.27. The monoisotopic (exact) mass is 394 g/mol. The number of rotatable bonds is 3. The molecule has 0 aliphatic carbocycles. The zero-order valence-corrected chi connectivity index (χ0v) is 19.2. The van der Waals surface area contributed by atoms with Gasteiger partial charge in [0.05, 0.1) is 0 Å². The van der Waals surface area contributed by atoms with E-state index in [0.29, 0.717) is 0 Å². The highest BCUT2D eigenvalue weighted by Crippen LogP contribution is 2.44. The molecule has 3 aromatic carbocycles. The van der Waals surface area contributed by atoms with E-state index in [0.717, 1.165) is 22.6 Å². The van der Waals surface area contributed by atoms with E-state index in [1.54, 1.807) is 0 Å². The molecule has 0 aliphatic heterocycles. The van der Waals surface area contributed by atoms with Crippen molar-refractivity contribution >= 4 is 11.6 Å². The first-order chi connectivity index (χ1) is 13.4. The van der Waals surface area contributed by atoms with E-state index >= 15 is 0 Å². The fraction of sp³-hybridized carbons (Fsp3) is 0.333. The van der Waals surface area contributed by atoms with Gasteiger partial charge in [-0.05, 0) is 42.0 Å². The van der Waals surface area contributed by atoms with Gasteiger partial charge in [-0.1, -0.05) is 119 Å². The molecule has 0 aliphatic rings. The van der Waals surface area contributed by atoms with E-state index in [1.807, 2.05) is 32.0 Å². The van der Waals surface area contributed by atoms with Crippen molar-refractivity contribution in [3.63, 3.8) is 0 Å². The molecule has 28 heavy (non-hydrogen) atoms. The molecule has 0 saturated carbocycles. The van der Waals surface area contributed by atoms with Gasteiger partial charge in [-0.15, -0.1) is 11.6 Å². The van der Waals surface area contributed by atoms with Crippen molar-refractivity contribution < 1.29 is 0 Å². The lowest BCUT2D eigenvalue weighted by Crippen LogP contribution is -2.23. The first kappa shape index (κ1) is 24.0. The average molecular weight is 395 g/mol. The summed E-state index contributed by atoms with van der Waals surface area (Å²) in [6.07, 6.45) is 0. The Morgan fingerprint density at radius 1 is 0.643 bits per heavy atom. The smallest absolute Gasteiger partial charge is 0.104 e. The van der Waals surface area contributed by atoms with Crippen LogP contribution in [0, 0.1) is 19.8 Å². The van der Waals surface area contributed by atoms with Gasteiger partial charge in [-0.3, -0.25) is 0 Å². The van der Waals surface area contributed by atoms with Crippen LogP contribution in [0.1, 0.15) is 62.4 Å². The molecule has 1 unspecified atom stereocenters.